The molecule has 1 atom stereocenters. The van der Waals surface area contributed by atoms with Gasteiger partial charge in [-0.1, -0.05) is 37.3 Å². The maximum atomic E-state index is 3.80. The Labute approximate surface area is 130 Å². The first kappa shape index (κ1) is 16.5. The zero-order chi connectivity index (χ0) is 15.1. The van der Waals surface area contributed by atoms with Gasteiger partial charge in [-0.25, -0.2) is 0 Å². The fourth-order valence-electron chi connectivity index (χ4n) is 3.23. The molecule has 0 aromatic heterocycles. The van der Waals surface area contributed by atoms with Gasteiger partial charge in [0.05, 0.1) is 0 Å². The second-order valence-electron chi connectivity index (χ2n) is 6.41. The van der Waals surface area contributed by atoms with Crippen molar-refractivity contribution >= 4 is 0 Å². The molecule has 1 aromatic rings. The Kier molecular flexibility index (Phi) is 6.68. The number of rotatable bonds is 7. The predicted octanol–water partition coefficient (Wildman–Crippen LogP) is 2.75. The summed E-state index contributed by atoms with van der Waals surface area (Å²) in [5, 5.41) is 3.80. The lowest BCUT2D eigenvalue weighted by Crippen LogP contribution is -2.45. The maximum absolute atomic E-state index is 3.80. The number of nitrogens with zero attached hydrogens (tertiary/aromatic N) is 2. The van der Waals surface area contributed by atoms with Crippen LogP contribution >= 0.6 is 0 Å². The molecule has 0 radical (unpaired) electrons. The van der Waals surface area contributed by atoms with Crippen LogP contribution in [0.1, 0.15) is 37.8 Å². The normalized spacial score (nSPS) is 19.0. The van der Waals surface area contributed by atoms with Crippen LogP contribution in [0.2, 0.25) is 0 Å². The number of benzene rings is 1. The van der Waals surface area contributed by atoms with Crippen molar-refractivity contribution < 1.29 is 0 Å². The maximum Gasteiger partial charge on any atom is 0.0466 e. The predicted molar refractivity (Wildman–Crippen MR) is 90.6 cm³/mol. The van der Waals surface area contributed by atoms with Gasteiger partial charge in [-0.3, -0.25) is 0 Å². The SMILES string of the molecule is CCCN1CCC(NCC(c2ccccc2)N(C)C)CC1. The fraction of sp³-hybridized carbons (Fsp3) is 0.667. The molecule has 118 valence electrons. The van der Waals surface area contributed by atoms with Crippen LogP contribution in [0.15, 0.2) is 30.3 Å². The van der Waals surface area contributed by atoms with Crippen molar-refractivity contribution in [2.24, 2.45) is 0 Å². The molecule has 1 N–H and O–H groups in total. The van der Waals surface area contributed by atoms with Gasteiger partial charge in [-0.05, 0) is 58.6 Å². The van der Waals surface area contributed by atoms with Crippen molar-refractivity contribution in [1.82, 2.24) is 15.1 Å². The Bertz CT molecular complexity index is 383. The van der Waals surface area contributed by atoms with Gasteiger partial charge in [0.2, 0.25) is 0 Å². The standard InChI is InChI=1S/C18H31N3/c1-4-12-21-13-10-17(11-14-21)19-15-18(20(2)3)16-8-6-5-7-9-16/h5-9,17-19H,4,10-15H2,1-3H3. The van der Waals surface area contributed by atoms with Crippen molar-refractivity contribution in [3.8, 4) is 0 Å². The van der Waals surface area contributed by atoms with Crippen LogP contribution in [0.5, 0.6) is 0 Å². The molecule has 0 spiro atoms. The second kappa shape index (κ2) is 8.52. The van der Waals surface area contributed by atoms with Crippen molar-refractivity contribution in [3.05, 3.63) is 35.9 Å². The Hall–Kier alpha value is -0.900. The molecule has 0 bridgehead atoms. The summed E-state index contributed by atoms with van der Waals surface area (Å²) in [5.41, 5.74) is 1.40. The fourth-order valence-corrected chi connectivity index (χ4v) is 3.23. The van der Waals surface area contributed by atoms with Crippen LogP contribution in [0.3, 0.4) is 0 Å². The molecule has 21 heavy (non-hydrogen) atoms. The Morgan fingerprint density at radius 2 is 1.86 bits per heavy atom. The molecule has 3 heteroatoms. The van der Waals surface area contributed by atoms with E-state index < -0.39 is 0 Å². The highest BCUT2D eigenvalue weighted by Crippen LogP contribution is 2.18. The Balaban J connectivity index is 1.81. The van der Waals surface area contributed by atoms with Gasteiger partial charge >= 0.3 is 0 Å². The minimum atomic E-state index is 0.458. The van der Waals surface area contributed by atoms with Crippen LogP contribution in [-0.2, 0) is 0 Å². The van der Waals surface area contributed by atoms with Crippen LogP contribution in [0, 0.1) is 0 Å². The van der Waals surface area contributed by atoms with E-state index in [2.05, 4.69) is 66.5 Å². The molecule has 1 heterocycles. The summed E-state index contributed by atoms with van der Waals surface area (Å²) in [5.74, 6) is 0. The number of piperidine rings is 1. The zero-order valence-electron chi connectivity index (χ0n) is 13.9. The smallest absolute Gasteiger partial charge is 0.0466 e. The number of likely N-dealkylation sites (N-methyl/N-ethyl adjacent to an activating group) is 1. The highest BCUT2D eigenvalue weighted by molar-refractivity contribution is 5.19. The monoisotopic (exact) mass is 289 g/mol. The third kappa shape index (κ3) is 5.10. The molecule has 0 aliphatic carbocycles. The van der Waals surface area contributed by atoms with Gasteiger partial charge in [-0.2, -0.15) is 0 Å². The topological polar surface area (TPSA) is 18.5 Å². The van der Waals surface area contributed by atoms with E-state index in [0.717, 1.165) is 6.54 Å². The van der Waals surface area contributed by atoms with Gasteiger partial charge < -0.3 is 15.1 Å². The largest absolute Gasteiger partial charge is 0.312 e. The first-order chi connectivity index (χ1) is 10.2. The van der Waals surface area contributed by atoms with E-state index >= 15 is 0 Å². The van der Waals surface area contributed by atoms with Gasteiger partial charge in [0.1, 0.15) is 0 Å². The molecule has 2 rings (SSSR count). The van der Waals surface area contributed by atoms with Gasteiger partial charge in [0.25, 0.3) is 0 Å². The summed E-state index contributed by atoms with van der Waals surface area (Å²) in [6.07, 6.45) is 3.85. The molecule has 1 unspecified atom stereocenters. The van der Waals surface area contributed by atoms with E-state index in [1.165, 1.54) is 44.5 Å². The van der Waals surface area contributed by atoms with Gasteiger partial charge in [0, 0.05) is 18.6 Å². The average molecular weight is 289 g/mol. The zero-order valence-corrected chi connectivity index (χ0v) is 13.9. The summed E-state index contributed by atoms with van der Waals surface area (Å²) in [6.45, 7) is 7.07. The molecule has 1 aliphatic heterocycles. The number of likely N-dealkylation sites (tertiary alicyclic amines) is 1. The summed E-state index contributed by atoms with van der Waals surface area (Å²) >= 11 is 0. The number of hydrogen-bond donors (Lipinski definition) is 1. The summed E-state index contributed by atoms with van der Waals surface area (Å²) in [7, 11) is 4.34. The molecule has 3 nitrogen and oxygen atoms in total. The summed E-state index contributed by atoms with van der Waals surface area (Å²) < 4.78 is 0. The Morgan fingerprint density at radius 3 is 2.43 bits per heavy atom. The molecule has 1 saturated heterocycles. The molecular weight excluding hydrogens is 258 g/mol. The first-order valence-corrected chi connectivity index (χ1v) is 8.37. The highest BCUT2D eigenvalue weighted by atomic mass is 15.2. The highest BCUT2D eigenvalue weighted by Gasteiger charge is 2.20. The van der Waals surface area contributed by atoms with E-state index in [4.69, 9.17) is 0 Å². The van der Waals surface area contributed by atoms with Crippen molar-refractivity contribution in [1.29, 1.82) is 0 Å². The number of nitrogens with one attached hydrogen (secondary N) is 1. The molecule has 0 saturated carbocycles. The lowest BCUT2D eigenvalue weighted by atomic mass is 10.0. The molecule has 1 aromatic carbocycles. The minimum absolute atomic E-state index is 0.458. The average Bonchev–Trinajstić information content (AvgIpc) is 2.50. The first-order valence-electron chi connectivity index (χ1n) is 8.37. The van der Waals surface area contributed by atoms with Gasteiger partial charge in [-0.15, -0.1) is 0 Å². The van der Waals surface area contributed by atoms with E-state index in [1.807, 2.05) is 0 Å². The quantitative estimate of drug-likeness (QED) is 0.833. The third-order valence-corrected chi connectivity index (χ3v) is 4.53. The lowest BCUT2D eigenvalue weighted by Gasteiger charge is -2.34. The van der Waals surface area contributed by atoms with Crippen molar-refractivity contribution in [3.63, 3.8) is 0 Å². The lowest BCUT2D eigenvalue weighted by molar-refractivity contribution is 0.188. The summed E-state index contributed by atoms with van der Waals surface area (Å²) in [6, 6.07) is 12.0. The van der Waals surface area contributed by atoms with Crippen LogP contribution in [0.4, 0.5) is 0 Å². The van der Waals surface area contributed by atoms with Crippen LogP contribution in [0.25, 0.3) is 0 Å². The minimum Gasteiger partial charge on any atom is -0.312 e. The van der Waals surface area contributed by atoms with Crippen molar-refractivity contribution in [2.45, 2.75) is 38.3 Å². The molecular formula is C18H31N3. The van der Waals surface area contributed by atoms with E-state index in [0.29, 0.717) is 12.1 Å². The molecule has 0 amide bonds. The van der Waals surface area contributed by atoms with Crippen LogP contribution in [-0.4, -0.2) is 56.1 Å². The Morgan fingerprint density at radius 1 is 1.19 bits per heavy atom. The number of hydrogen-bond acceptors (Lipinski definition) is 3. The van der Waals surface area contributed by atoms with Crippen molar-refractivity contribution in [2.75, 3.05) is 40.3 Å². The van der Waals surface area contributed by atoms with Gasteiger partial charge in [0.15, 0.2) is 0 Å². The molecule has 1 aliphatic rings. The van der Waals surface area contributed by atoms with E-state index in [9.17, 15) is 0 Å². The third-order valence-electron chi connectivity index (χ3n) is 4.53. The molecule has 1 fully saturated rings. The van der Waals surface area contributed by atoms with Crippen LogP contribution < -0.4 is 5.32 Å². The van der Waals surface area contributed by atoms with E-state index in [1.54, 1.807) is 0 Å². The second-order valence-corrected chi connectivity index (χ2v) is 6.41. The summed E-state index contributed by atoms with van der Waals surface area (Å²) in [4.78, 5) is 4.91. The van der Waals surface area contributed by atoms with E-state index in [-0.39, 0.29) is 0 Å².